The Morgan fingerprint density at radius 2 is 1.81 bits per heavy atom. The molecule has 1 aliphatic heterocycles. The third kappa shape index (κ3) is 6.59. The first-order valence-corrected chi connectivity index (χ1v) is 8.70. The number of nitrogens with one attached hydrogen (secondary N) is 1. The topological polar surface area (TPSA) is 62.9 Å². The summed E-state index contributed by atoms with van der Waals surface area (Å²) in [5.74, 6) is 0.433. The van der Waals surface area contributed by atoms with Crippen molar-refractivity contribution in [2.45, 2.75) is 20.0 Å². The number of hydrogen-bond donors (Lipinski definition) is 2. The van der Waals surface area contributed by atoms with Crippen LogP contribution in [0.2, 0.25) is 0 Å². The fourth-order valence-electron chi connectivity index (χ4n) is 2.84. The summed E-state index contributed by atoms with van der Waals surface area (Å²) in [6, 6.07) is 16.6. The van der Waals surface area contributed by atoms with Gasteiger partial charge in [-0.1, -0.05) is 42.0 Å². The van der Waals surface area contributed by atoms with Gasteiger partial charge in [-0.25, -0.2) is 4.99 Å². The van der Waals surface area contributed by atoms with Crippen LogP contribution < -0.4 is 11.1 Å². The van der Waals surface area contributed by atoms with Crippen molar-refractivity contribution in [1.29, 1.82) is 0 Å². The number of halogens is 1. The van der Waals surface area contributed by atoms with Gasteiger partial charge >= 0.3 is 0 Å². The first-order chi connectivity index (χ1) is 12.2. The van der Waals surface area contributed by atoms with E-state index < -0.39 is 0 Å². The van der Waals surface area contributed by atoms with Gasteiger partial charge in [-0.3, -0.25) is 4.90 Å². The van der Waals surface area contributed by atoms with Gasteiger partial charge in [0, 0.05) is 25.3 Å². The van der Waals surface area contributed by atoms with Crippen LogP contribution in [0.15, 0.2) is 53.5 Å². The minimum Gasteiger partial charge on any atom is -0.379 e. The molecule has 3 rings (SSSR count). The molecule has 26 heavy (non-hydrogen) atoms. The second-order valence-electron chi connectivity index (χ2n) is 6.40. The summed E-state index contributed by atoms with van der Waals surface area (Å²) >= 11 is 0. The Hall–Kier alpha value is -1.64. The third-order valence-electron chi connectivity index (χ3n) is 4.26. The van der Waals surface area contributed by atoms with Crippen LogP contribution in [-0.2, 0) is 17.8 Å². The number of nitrogens with two attached hydrogens (primary N) is 1. The molecule has 0 aliphatic carbocycles. The van der Waals surface area contributed by atoms with Gasteiger partial charge in [-0.05, 0) is 30.2 Å². The molecule has 0 unspecified atom stereocenters. The van der Waals surface area contributed by atoms with Gasteiger partial charge in [-0.2, -0.15) is 0 Å². The number of morpholine rings is 1. The molecular formula is C20H27IN4O. The Morgan fingerprint density at radius 1 is 1.12 bits per heavy atom. The van der Waals surface area contributed by atoms with Gasteiger partial charge in [0.15, 0.2) is 5.96 Å². The second kappa shape index (κ2) is 10.5. The van der Waals surface area contributed by atoms with E-state index in [1.165, 1.54) is 16.7 Å². The van der Waals surface area contributed by atoms with Gasteiger partial charge in [-0.15, -0.1) is 24.0 Å². The lowest BCUT2D eigenvalue weighted by Gasteiger charge is -2.26. The van der Waals surface area contributed by atoms with Crippen molar-refractivity contribution in [1.82, 2.24) is 4.90 Å². The maximum Gasteiger partial charge on any atom is 0.193 e. The molecule has 3 N–H and O–H groups in total. The SMILES string of the molecule is Cc1ccc(NC(N)=NCc2cccc(CN3CCOCC3)c2)cc1.I. The van der Waals surface area contributed by atoms with Crippen molar-refractivity contribution in [2.75, 3.05) is 31.6 Å². The lowest BCUT2D eigenvalue weighted by Crippen LogP contribution is -2.35. The summed E-state index contributed by atoms with van der Waals surface area (Å²) in [7, 11) is 0. The second-order valence-corrected chi connectivity index (χ2v) is 6.40. The zero-order chi connectivity index (χ0) is 17.5. The normalized spacial score (nSPS) is 15.3. The first-order valence-electron chi connectivity index (χ1n) is 8.70. The molecule has 6 heteroatoms. The number of anilines is 1. The monoisotopic (exact) mass is 466 g/mol. The van der Waals surface area contributed by atoms with E-state index in [0.717, 1.165) is 38.5 Å². The number of benzene rings is 2. The fraction of sp³-hybridized carbons (Fsp3) is 0.350. The largest absolute Gasteiger partial charge is 0.379 e. The van der Waals surface area contributed by atoms with Crippen LogP contribution in [0.1, 0.15) is 16.7 Å². The van der Waals surface area contributed by atoms with Crippen molar-refractivity contribution < 1.29 is 4.74 Å². The Labute approximate surface area is 172 Å². The van der Waals surface area contributed by atoms with Crippen LogP contribution in [0.3, 0.4) is 0 Å². The van der Waals surface area contributed by atoms with E-state index in [1.807, 2.05) is 24.3 Å². The molecule has 140 valence electrons. The quantitative estimate of drug-likeness (QED) is 0.403. The summed E-state index contributed by atoms with van der Waals surface area (Å²) in [6.45, 7) is 7.23. The molecule has 0 bridgehead atoms. The average Bonchev–Trinajstić information content (AvgIpc) is 2.63. The van der Waals surface area contributed by atoms with Gasteiger partial charge in [0.1, 0.15) is 0 Å². The van der Waals surface area contributed by atoms with Gasteiger partial charge < -0.3 is 15.8 Å². The fourth-order valence-corrected chi connectivity index (χ4v) is 2.84. The summed E-state index contributed by atoms with van der Waals surface area (Å²) in [6.07, 6.45) is 0. The van der Waals surface area contributed by atoms with E-state index in [-0.39, 0.29) is 24.0 Å². The molecule has 1 heterocycles. The Morgan fingerprint density at radius 3 is 2.54 bits per heavy atom. The van der Waals surface area contributed by atoms with E-state index in [0.29, 0.717) is 12.5 Å². The molecule has 0 saturated carbocycles. The smallest absolute Gasteiger partial charge is 0.193 e. The number of aliphatic imine (C=N–C) groups is 1. The molecule has 1 aliphatic rings. The summed E-state index contributed by atoms with van der Waals surface area (Å²) < 4.78 is 5.40. The van der Waals surface area contributed by atoms with Crippen LogP contribution in [0.25, 0.3) is 0 Å². The molecule has 2 aromatic rings. The predicted octanol–water partition coefficient (Wildman–Crippen LogP) is 3.37. The predicted molar refractivity (Wildman–Crippen MR) is 118 cm³/mol. The van der Waals surface area contributed by atoms with Crippen molar-refractivity contribution in [2.24, 2.45) is 10.7 Å². The number of ether oxygens (including phenoxy) is 1. The van der Waals surface area contributed by atoms with E-state index in [4.69, 9.17) is 10.5 Å². The first kappa shape index (κ1) is 20.7. The molecule has 0 radical (unpaired) electrons. The van der Waals surface area contributed by atoms with Crippen LogP contribution >= 0.6 is 24.0 Å². The standard InChI is InChI=1S/C20H26N4O.HI/c1-16-5-7-19(8-6-16)23-20(21)22-14-17-3-2-4-18(13-17)15-24-9-11-25-12-10-24;/h2-8,13H,9-12,14-15H2,1H3,(H3,21,22,23);1H. The summed E-state index contributed by atoms with van der Waals surface area (Å²) in [4.78, 5) is 6.87. The van der Waals surface area contributed by atoms with E-state index in [9.17, 15) is 0 Å². The lowest BCUT2D eigenvalue weighted by molar-refractivity contribution is 0.0342. The lowest BCUT2D eigenvalue weighted by atomic mass is 10.1. The van der Waals surface area contributed by atoms with E-state index in [2.05, 4.69) is 46.4 Å². The average molecular weight is 466 g/mol. The molecule has 1 fully saturated rings. The zero-order valence-electron chi connectivity index (χ0n) is 15.1. The molecular weight excluding hydrogens is 439 g/mol. The number of aryl methyl sites for hydroxylation is 1. The molecule has 0 spiro atoms. The van der Waals surface area contributed by atoms with Gasteiger partial charge in [0.05, 0.1) is 19.8 Å². The minimum atomic E-state index is 0. The number of nitrogens with zero attached hydrogens (tertiary/aromatic N) is 2. The summed E-state index contributed by atoms with van der Waals surface area (Å²) in [5, 5.41) is 3.13. The highest BCUT2D eigenvalue weighted by Crippen LogP contribution is 2.11. The van der Waals surface area contributed by atoms with Crippen LogP contribution in [-0.4, -0.2) is 37.2 Å². The van der Waals surface area contributed by atoms with Gasteiger partial charge in [0.25, 0.3) is 0 Å². The maximum atomic E-state index is 6.00. The van der Waals surface area contributed by atoms with Crippen LogP contribution in [0, 0.1) is 6.92 Å². The summed E-state index contributed by atoms with van der Waals surface area (Å²) in [5.41, 5.74) is 10.6. The highest BCUT2D eigenvalue weighted by Gasteiger charge is 2.10. The highest BCUT2D eigenvalue weighted by atomic mass is 127. The molecule has 5 nitrogen and oxygen atoms in total. The van der Waals surface area contributed by atoms with Crippen molar-refractivity contribution in [3.63, 3.8) is 0 Å². The molecule has 2 aromatic carbocycles. The van der Waals surface area contributed by atoms with Crippen LogP contribution in [0.4, 0.5) is 5.69 Å². The molecule has 0 atom stereocenters. The number of rotatable bonds is 5. The van der Waals surface area contributed by atoms with Crippen molar-refractivity contribution in [3.05, 3.63) is 65.2 Å². The van der Waals surface area contributed by atoms with Crippen molar-refractivity contribution in [3.8, 4) is 0 Å². The molecule has 0 amide bonds. The number of guanidine groups is 1. The van der Waals surface area contributed by atoms with Crippen molar-refractivity contribution >= 4 is 35.6 Å². The van der Waals surface area contributed by atoms with E-state index in [1.54, 1.807) is 0 Å². The maximum absolute atomic E-state index is 6.00. The third-order valence-corrected chi connectivity index (χ3v) is 4.26. The highest BCUT2D eigenvalue weighted by molar-refractivity contribution is 14.0. The molecule has 0 aromatic heterocycles. The number of hydrogen-bond acceptors (Lipinski definition) is 3. The minimum absolute atomic E-state index is 0. The molecule has 1 saturated heterocycles. The Kier molecular flexibility index (Phi) is 8.34. The van der Waals surface area contributed by atoms with Crippen LogP contribution in [0.5, 0.6) is 0 Å². The Bertz CT molecular complexity index is 712. The Balaban J connectivity index is 0.00000243. The van der Waals surface area contributed by atoms with Gasteiger partial charge in [0.2, 0.25) is 0 Å². The van der Waals surface area contributed by atoms with E-state index >= 15 is 0 Å². The zero-order valence-corrected chi connectivity index (χ0v) is 17.5.